The van der Waals surface area contributed by atoms with Crippen LogP contribution in [-0.2, 0) is 6.61 Å². The normalized spacial score (nSPS) is 10.7. The second kappa shape index (κ2) is 6.39. The molecule has 0 bridgehead atoms. The molecule has 2 aromatic rings. The highest BCUT2D eigenvalue weighted by Crippen LogP contribution is 2.22. The Balaban J connectivity index is 2.18. The lowest BCUT2D eigenvalue weighted by Gasteiger charge is -2.11. The summed E-state index contributed by atoms with van der Waals surface area (Å²) >= 11 is 0. The van der Waals surface area contributed by atoms with Gasteiger partial charge in [-0.2, -0.15) is 0 Å². The molecule has 0 spiro atoms. The molecule has 0 aliphatic heterocycles. The molecule has 0 heterocycles. The van der Waals surface area contributed by atoms with E-state index in [0.29, 0.717) is 17.2 Å². The first kappa shape index (κ1) is 15.0. The van der Waals surface area contributed by atoms with E-state index in [1.54, 1.807) is 6.07 Å². The van der Waals surface area contributed by atoms with Crippen LogP contribution in [0.5, 0.6) is 5.75 Å². The quantitative estimate of drug-likeness (QED) is 0.895. The minimum Gasteiger partial charge on any atom is -0.489 e. The molecule has 0 amide bonds. The number of benzene rings is 2. The number of hydrogen-bond acceptors (Lipinski definition) is 2. The average molecular weight is 288 g/mol. The van der Waals surface area contributed by atoms with Gasteiger partial charge >= 0.3 is 5.97 Å². The van der Waals surface area contributed by atoms with Gasteiger partial charge in [-0.15, -0.1) is 0 Å². The lowest BCUT2D eigenvalue weighted by molar-refractivity contribution is 0.0694. The average Bonchev–Trinajstić information content (AvgIpc) is 2.45. The highest BCUT2D eigenvalue weighted by atomic mass is 19.1. The number of carboxylic acid groups (broad SMARTS) is 1. The van der Waals surface area contributed by atoms with Gasteiger partial charge in [0.15, 0.2) is 0 Å². The zero-order chi connectivity index (χ0) is 15.4. The molecule has 0 aromatic heterocycles. The molecule has 0 saturated carbocycles. The standard InChI is InChI=1S/C17H17FO3/c1-11(2)12-4-3-5-15(9-12)21-10-13-8-14(18)6-7-16(13)17(19)20/h3-9,11H,10H2,1-2H3,(H,19,20). The Morgan fingerprint density at radius 3 is 2.67 bits per heavy atom. The van der Waals surface area contributed by atoms with E-state index in [-0.39, 0.29) is 12.2 Å². The molecular weight excluding hydrogens is 271 g/mol. The van der Waals surface area contributed by atoms with Crippen LogP contribution in [0.15, 0.2) is 42.5 Å². The third-order valence-electron chi connectivity index (χ3n) is 3.22. The Labute approximate surface area is 123 Å². The van der Waals surface area contributed by atoms with Crippen LogP contribution >= 0.6 is 0 Å². The van der Waals surface area contributed by atoms with Crippen molar-refractivity contribution >= 4 is 5.97 Å². The first-order chi connectivity index (χ1) is 9.97. The summed E-state index contributed by atoms with van der Waals surface area (Å²) < 4.78 is 18.9. The first-order valence-electron chi connectivity index (χ1n) is 6.72. The smallest absolute Gasteiger partial charge is 0.336 e. The summed E-state index contributed by atoms with van der Waals surface area (Å²) in [6.45, 7) is 4.17. The Hall–Kier alpha value is -2.36. The van der Waals surface area contributed by atoms with Gasteiger partial charge in [0.25, 0.3) is 0 Å². The highest BCUT2D eigenvalue weighted by Gasteiger charge is 2.11. The van der Waals surface area contributed by atoms with Crippen molar-refractivity contribution in [2.75, 3.05) is 0 Å². The summed E-state index contributed by atoms with van der Waals surface area (Å²) in [6, 6.07) is 11.2. The van der Waals surface area contributed by atoms with E-state index in [9.17, 15) is 9.18 Å². The SMILES string of the molecule is CC(C)c1cccc(OCc2cc(F)ccc2C(=O)O)c1. The first-order valence-corrected chi connectivity index (χ1v) is 6.72. The fraction of sp³-hybridized carbons (Fsp3) is 0.235. The number of aromatic carboxylic acids is 1. The van der Waals surface area contributed by atoms with Crippen molar-refractivity contribution < 1.29 is 19.0 Å². The fourth-order valence-corrected chi connectivity index (χ4v) is 2.01. The number of carboxylic acids is 1. The van der Waals surface area contributed by atoms with Gasteiger partial charge in [0, 0.05) is 5.56 Å². The lowest BCUT2D eigenvalue weighted by Crippen LogP contribution is -2.06. The molecule has 21 heavy (non-hydrogen) atoms. The van der Waals surface area contributed by atoms with Gasteiger partial charge in [0.2, 0.25) is 0 Å². The van der Waals surface area contributed by atoms with E-state index in [0.717, 1.165) is 11.6 Å². The zero-order valence-electron chi connectivity index (χ0n) is 12.0. The van der Waals surface area contributed by atoms with Crippen molar-refractivity contribution in [3.05, 3.63) is 65.0 Å². The van der Waals surface area contributed by atoms with Gasteiger partial charge in [-0.3, -0.25) is 0 Å². The summed E-state index contributed by atoms with van der Waals surface area (Å²) in [5, 5.41) is 9.09. The van der Waals surface area contributed by atoms with Crippen LogP contribution in [0, 0.1) is 5.82 Å². The molecule has 0 atom stereocenters. The maximum atomic E-state index is 13.3. The van der Waals surface area contributed by atoms with Crippen molar-refractivity contribution in [1.29, 1.82) is 0 Å². The third-order valence-corrected chi connectivity index (χ3v) is 3.22. The van der Waals surface area contributed by atoms with Gasteiger partial charge in [-0.25, -0.2) is 9.18 Å². The molecule has 2 rings (SSSR count). The summed E-state index contributed by atoms with van der Waals surface area (Å²) in [4.78, 5) is 11.1. The highest BCUT2D eigenvalue weighted by molar-refractivity contribution is 5.89. The van der Waals surface area contributed by atoms with E-state index in [4.69, 9.17) is 9.84 Å². The monoisotopic (exact) mass is 288 g/mol. The molecule has 4 heteroatoms. The van der Waals surface area contributed by atoms with Gasteiger partial charge in [-0.05, 0) is 41.8 Å². The van der Waals surface area contributed by atoms with Crippen molar-refractivity contribution in [3.63, 3.8) is 0 Å². The van der Waals surface area contributed by atoms with Crippen LogP contribution in [0.3, 0.4) is 0 Å². The maximum Gasteiger partial charge on any atom is 0.336 e. The van der Waals surface area contributed by atoms with Crippen molar-refractivity contribution in [3.8, 4) is 5.75 Å². The Morgan fingerprint density at radius 1 is 1.24 bits per heavy atom. The number of rotatable bonds is 5. The predicted octanol–water partition coefficient (Wildman–Crippen LogP) is 4.23. The molecule has 110 valence electrons. The van der Waals surface area contributed by atoms with Crippen LogP contribution in [0.2, 0.25) is 0 Å². The second-order valence-corrected chi connectivity index (χ2v) is 5.12. The zero-order valence-corrected chi connectivity index (χ0v) is 12.0. The Kier molecular flexibility index (Phi) is 4.58. The van der Waals surface area contributed by atoms with Gasteiger partial charge in [0.05, 0.1) is 5.56 Å². The minimum absolute atomic E-state index is 0.0148. The third kappa shape index (κ3) is 3.81. The molecule has 2 aromatic carbocycles. The van der Waals surface area contributed by atoms with E-state index in [1.807, 2.05) is 18.2 Å². The predicted molar refractivity (Wildman–Crippen MR) is 78.2 cm³/mol. The van der Waals surface area contributed by atoms with Gasteiger partial charge in [-0.1, -0.05) is 26.0 Å². The second-order valence-electron chi connectivity index (χ2n) is 5.12. The fourth-order valence-electron chi connectivity index (χ4n) is 2.01. The maximum absolute atomic E-state index is 13.3. The molecule has 0 aliphatic rings. The molecule has 3 nitrogen and oxygen atoms in total. The van der Waals surface area contributed by atoms with Crippen LogP contribution in [0.25, 0.3) is 0 Å². The lowest BCUT2D eigenvalue weighted by atomic mass is 10.0. The summed E-state index contributed by atoms with van der Waals surface area (Å²) in [6.07, 6.45) is 0. The summed E-state index contributed by atoms with van der Waals surface area (Å²) in [7, 11) is 0. The molecular formula is C17H17FO3. The van der Waals surface area contributed by atoms with E-state index in [1.165, 1.54) is 12.1 Å². The van der Waals surface area contributed by atoms with E-state index >= 15 is 0 Å². The number of carbonyl (C=O) groups is 1. The van der Waals surface area contributed by atoms with Crippen molar-refractivity contribution in [2.24, 2.45) is 0 Å². The number of hydrogen-bond donors (Lipinski definition) is 1. The van der Waals surface area contributed by atoms with Crippen LogP contribution < -0.4 is 4.74 Å². The van der Waals surface area contributed by atoms with Crippen LogP contribution in [0.1, 0.15) is 41.3 Å². The van der Waals surface area contributed by atoms with Crippen LogP contribution in [-0.4, -0.2) is 11.1 Å². The molecule has 0 saturated heterocycles. The minimum atomic E-state index is -1.09. The van der Waals surface area contributed by atoms with Crippen LogP contribution in [0.4, 0.5) is 4.39 Å². The van der Waals surface area contributed by atoms with Gasteiger partial charge < -0.3 is 9.84 Å². The number of halogens is 1. The molecule has 1 N–H and O–H groups in total. The van der Waals surface area contributed by atoms with Crippen molar-refractivity contribution in [2.45, 2.75) is 26.4 Å². The van der Waals surface area contributed by atoms with Gasteiger partial charge in [0.1, 0.15) is 18.2 Å². The van der Waals surface area contributed by atoms with E-state index < -0.39 is 11.8 Å². The summed E-state index contributed by atoms with van der Waals surface area (Å²) in [5.41, 5.74) is 1.50. The Bertz CT molecular complexity index is 650. The molecule has 0 fully saturated rings. The number of ether oxygens (including phenoxy) is 1. The largest absolute Gasteiger partial charge is 0.489 e. The topological polar surface area (TPSA) is 46.5 Å². The molecule has 0 aliphatic carbocycles. The molecule has 0 unspecified atom stereocenters. The molecule has 0 radical (unpaired) electrons. The van der Waals surface area contributed by atoms with E-state index in [2.05, 4.69) is 13.8 Å². The summed E-state index contributed by atoms with van der Waals surface area (Å²) in [5.74, 6) is -0.557. The van der Waals surface area contributed by atoms with Crippen molar-refractivity contribution in [1.82, 2.24) is 0 Å². The Morgan fingerprint density at radius 2 is 2.00 bits per heavy atom.